The van der Waals surface area contributed by atoms with Crippen molar-refractivity contribution in [3.8, 4) is 0 Å². The molecule has 0 saturated carbocycles. The Morgan fingerprint density at radius 2 is 1.36 bits per heavy atom. The first kappa shape index (κ1) is 21.5. The van der Waals surface area contributed by atoms with Gasteiger partial charge in [0.2, 0.25) is 0 Å². The zero-order chi connectivity index (χ0) is 18.0. The van der Waals surface area contributed by atoms with Gasteiger partial charge in [0.15, 0.2) is 0 Å². The summed E-state index contributed by atoms with van der Waals surface area (Å²) in [6.45, 7) is 0. The molecule has 0 aliphatic rings. The van der Waals surface area contributed by atoms with E-state index in [1.54, 1.807) is 0 Å². The van der Waals surface area contributed by atoms with Crippen LogP contribution in [0.3, 0.4) is 0 Å². The van der Waals surface area contributed by atoms with Gasteiger partial charge < -0.3 is 4.74 Å². The Morgan fingerprint density at radius 3 is 2.00 bits per heavy atom. The Morgan fingerprint density at radius 1 is 0.800 bits per heavy atom. The fourth-order valence-corrected chi connectivity index (χ4v) is 2.99. The van der Waals surface area contributed by atoms with Crippen molar-refractivity contribution in [1.29, 1.82) is 0 Å². The average molecular weight is 345 g/mol. The van der Waals surface area contributed by atoms with Gasteiger partial charge in [-0.15, -0.1) is 0 Å². The van der Waals surface area contributed by atoms with E-state index < -0.39 is 0 Å². The van der Waals surface area contributed by atoms with E-state index in [2.05, 4.69) is 47.2 Å². The molecule has 1 aromatic rings. The van der Waals surface area contributed by atoms with E-state index in [0.717, 1.165) is 12.8 Å². The lowest BCUT2D eigenvalue weighted by Crippen LogP contribution is -1.99. The number of hydrogen-bond donors (Lipinski definition) is 0. The van der Waals surface area contributed by atoms with Gasteiger partial charge in [0.1, 0.15) is 0 Å². The minimum Gasteiger partial charge on any atom is -0.469 e. The molecule has 0 amide bonds. The second-order valence-electron chi connectivity index (χ2n) is 6.79. The number of carbonyl (C=O) groups is 1. The summed E-state index contributed by atoms with van der Waals surface area (Å²) in [5, 5.41) is 0. The summed E-state index contributed by atoms with van der Waals surface area (Å²) in [5.74, 6) is -0.0770. The van der Waals surface area contributed by atoms with E-state index in [1.165, 1.54) is 76.9 Å². The third kappa shape index (κ3) is 13.4. The summed E-state index contributed by atoms with van der Waals surface area (Å²) in [5.41, 5.74) is 1.46. The number of methoxy groups -OCH3 is 1. The maximum atomic E-state index is 11.0. The van der Waals surface area contributed by atoms with Crippen molar-refractivity contribution in [2.24, 2.45) is 0 Å². The van der Waals surface area contributed by atoms with E-state index >= 15 is 0 Å². The molecule has 25 heavy (non-hydrogen) atoms. The third-order valence-electron chi connectivity index (χ3n) is 4.58. The summed E-state index contributed by atoms with van der Waals surface area (Å²) < 4.78 is 4.64. The topological polar surface area (TPSA) is 26.3 Å². The number of allylic oxidation sites excluding steroid dienone is 2. The molecule has 0 heterocycles. The van der Waals surface area contributed by atoms with E-state index in [0.29, 0.717) is 6.42 Å². The number of aryl methyl sites for hydroxylation is 1. The first-order valence-electron chi connectivity index (χ1n) is 10.1. The molecule has 0 aliphatic heterocycles. The van der Waals surface area contributed by atoms with Crippen molar-refractivity contribution in [2.45, 2.75) is 83.5 Å². The molecule has 2 heteroatoms. The molecule has 0 fully saturated rings. The van der Waals surface area contributed by atoms with Crippen LogP contribution in [0.4, 0.5) is 0 Å². The molecule has 0 N–H and O–H groups in total. The van der Waals surface area contributed by atoms with Gasteiger partial charge in [0, 0.05) is 6.42 Å². The van der Waals surface area contributed by atoms with Crippen LogP contribution in [0.5, 0.6) is 0 Å². The number of rotatable bonds is 15. The van der Waals surface area contributed by atoms with Crippen LogP contribution in [0.15, 0.2) is 42.5 Å². The van der Waals surface area contributed by atoms with Crippen molar-refractivity contribution in [1.82, 2.24) is 0 Å². The molecular weight excluding hydrogens is 308 g/mol. The summed E-state index contributed by atoms with van der Waals surface area (Å²) in [4.78, 5) is 11.0. The first-order valence-corrected chi connectivity index (χ1v) is 10.1. The SMILES string of the molecule is COC(=O)CCCCCCCCC/C=C/CCCCc1ccccc1. The maximum absolute atomic E-state index is 11.0. The largest absolute Gasteiger partial charge is 0.469 e. The van der Waals surface area contributed by atoms with Crippen molar-refractivity contribution >= 4 is 5.97 Å². The average Bonchev–Trinajstić information content (AvgIpc) is 2.65. The minimum atomic E-state index is -0.0770. The molecule has 0 aromatic heterocycles. The van der Waals surface area contributed by atoms with Crippen molar-refractivity contribution in [3.05, 3.63) is 48.0 Å². The molecule has 1 rings (SSSR count). The number of ether oxygens (including phenoxy) is 1. The van der Waals surface area contributed by atoms with Crippen LogP contribution in [0.25, 0.3) is 0 Å². The molecule has 2 nitrogen and oxygen atoms in total. The maximum Gasteiger partial charge on any atom is 0.305 e. The normalized spacial score (nSPS) is 11.1. The van der Waals surface area contributed by atoms with Gasteiger partial charge in [-0.3, -0.25) is 4.79 Å². The summed E-state index contributed by atoms with van der Waals surface area (Å²) in [6.07, 6.45) is 20.1. The number of unbranched alkanes of at least 4 members (excludes halogenated alkanes) is 9. The number of esters is 1. The van der Waals surface area contributed by atoms with Crippen LogP contribution in [0, 0.1) is 0 Å². The number of carbonyl (C=O) groups excluding carboxylic acids is 1. The second kappa shape index (κ2) is 15.9. The van der Waals surface area contributed by atoms with Crippen LogP contribution < -0.4 is 0 Å². The van der Waals surface area contributed by atoms with Crippen molar-refractivity contribution in [3.63, 3.8) is 0 Å². The summed E-state index contributed by atoms with van der Waals surface area (Å²) in [6, 6.07) is 10.8. The van der Waals surface area contributed by atoms with Gasteiger partial charge in [-0.25, -0.2) is 0 Å². The highest BCUT2D eigenvalue weighted by Crippen LogP contribution is 2.11. The summed E-state index contributed by atoms with van der Waals surface area (Å²) >= 11 is 0. The standard InChI is InChI=1S/C23H36O2/c1-25-23(24)21-17-12-10-8-6-4-2-3-5-7-9-11-14-18-22-19-15-13-16-20-22/h5,7,13,15-16,19-20H,2-4,6,8-12,14,17-18,21H2,1H3/b7-5+. The lowest BCUT2D eigenvalue weighted by Gasteiger charge is -2.01. The zero-order valence-corrected chi connectivity index (χ0v) is 16.1. The monoisotopic (exact) mass is 344 g/mol. The number of hydrogen-bond acceptors (Lipinski definition) is 2. The van der Waals surface area contributed by atoms with Crippen LogP contribution >= 0.6 is 0 Å². The highest BCUT2D eigenvalue weighted by molar-refractivity contribution is 5.68. The van der Waals surface area contributed by atoms with Gasteiger partial charge in [-0.05, 0) is 50.5 Å². The first-order chi connectivity index (χ1) is 12.3. The van der Waals surface area contributed by atoms with Gasteiger partial charge in [0.05, 0.1) is 7.11 Å². The van der Waals surface area contributed by atoms with Gasteiger partial charge in [-0.2, -0.15) is 0 Å². The fourth-order valence-electron chi connectivity index (χ4n) is 2.99. The van der Waals surface area contributed by atoms with E-state index in [1.807, 2.05) is 0 Å². The molecule has 0 unspecified atom stereocenters. The lowest BCUT2D eigenvalue weighted by molar-refractivity contribution is -0.140. The Kier molecular flexibility index (Phi) is 13.7. The van der Waals surface area contributed by atoms with Crippen molar-refractivity contribution in [2.75, 3.05) is 7.11 Å². The van der Waals surface area contributed by atoms with E-state index in [-0.39, 0.29) is 5.97 Å². The molecule has 0 saturated heterocycles. The predicted octanol–water partition coefficient (Wildman–Crippen LogP) is 6.64. The molecule has 140 valence electrons. The Balaban J connectivity index is 1.79. The van der Waals surface area contributed by atoms with Gasteiger partial charge in [-0.1, -0.05) is 74.6 Å². The smallest absolute Gasteiger partial charge is 0.305 e. The third-order valence-corrected chi connectivity index (χ3v) is 4.58. The number of benzene rings is 1. The van der Waals surface area contributed by atoms with Crippen LogP contribution in [-0.4, -0.2) is 13.1 Å². The second-order valence-corrected chi connectivity index (χ2v) is 6.79. The molecule has 0 aliphatic carbocycles. The summed E-state index contributed by atoms with van der Waals surface area (Å²) in [7, 11) is 1.46. The van der Waals surface area contributed by atoms with Crippen LogP contribution in [-0.2, 0) is 16.0 Å². The molecule has 0 bridgehead atoms. The lowest BCUT2D eigenvalue weighted by atomic mass is 10.1. The molecule has 1 aromatic carbocycles. The Hall–Kier alpha value is -1.57. The molecule has 0 spiro atoms. The fraction of sp³-hybridized carbons (Fsp3) is 0.609. The molecule has 0 atom stereocenters. The quantitative estimate of drug-likeness (QED) is 0.202. The van der Waals surface area contributed by atoms with Gasteiger partial charge in [0.25, 0.3) is 0 Å². The molecular formula is C23H36O2. The predicted molar refractivity (Wildman–Crippen MR) is 107 cm³/mol. The Labute approximate surface area is 154 Å². The zero-order valence-electron chi connectivity index (χ0n) is 16.1. The molecule has 0 radical (unpaired) electrons. The van der Waals surface area contributed by atoms with Crippen molar-refractivity contribution < 1.29 is 9.53 Å². The van der Waals surface area contributed by atoms with Crippen LogP contribution in [0.1, 0.15) is 82.6 Å². The van der Waals surface area contributed by atoms with Crippen LogP contribution in [0.2, 0.25) is 0 Å². The highest BCUT2D eigenvalue weighted by Gasteiger charge is 1.98. The van der Waals surface area contributed by atoms with E-state index in [4.69, 9.17) is 0 Å². The minimum absolute atomic E-state index is 0.0770. The van der Waals surface area contributed by atoms with Gasteiger partial charge >= 0.3 is 5.97 Å². The Bertz CT molecular complexity index is 450. The van der Waals surface area contributed by atoms with E-state index in [9.17, 15) is 4.79 Å². The highest BCUT2D eigenvalue weighted by atomic mass is 16.5.